The smallest absolute Gasteiger partial charge is 0.264 e. The first-order valence-corrected chi connectivity index (χ1v) is 8.07. The Morgan fingerprint density at radius 3 is 2.86 bits per heavy atom. The van der Waals surface area contributed by atoms with E-state index in [-0.39, 0.29) is 12.5 Å². The lowest BCUT2D eigenvalue weighted by molar-refractivity contribution is 0.0788. The van der Waals surface area contributed by atoms with Crippen molar-refractivity contribution >= 4 is 28.6 Å². The van der Waals surface area contributed by atoms with Crippen LogP contribution in [0.25, 0.3) is 0 Å². The zero-order chi connectivity index (χ0) is 15.4. The number of carbonyl (C=O) groups is 1. The number of amides is 1. The highest BCUT2D eigenvalue weighted by Gasteiger charge is 2.16. The van der Waals surface area contributed by atoms with E-state index in [1.807, 2.05) is 25.3 Å². The summed E-state index contributed by atoms with van der Waals surface area (Å²) in [5.74, 6) is 5.44. The minimum absolute atomic E-state index is 0.0363. The van der Waals surface area contributed by atoms with E-state index in [0.717, 1.165) is 21.1 Å². The average molecular weight is 320 g/mol. The molecular formula is C15H16N2O2S2. The number of aliphatic hydroxyl groups excluding tert-OH is 1. The molecule has 0 atom stereocenters. The molecule has 21 heavy (non-hydrogen) atoms. The van der Waals surface area contributed by atoms with Gasteiger partial charge in [0, 0.05) is 12.4 Å². The van der Waals surface area contributed by atoms with Crippen LogP contribution in [0.5, 0.6) is 0 Å². The Balaban J connectivity index is 2.12. The number of rotatable bonds is 3. The SMILES string of the molecule is Cc1nc(CN(C)C(=O)c2cc(C)c(C#CCO)s2)cs1. The summed E-state index contributed by atoms with van der Waals surface area (Å²) >= 11 is 2.94. The van der Waals surface area contributed by atoms with Gasteiger partial charge in [-0.15, -0.1) is 22.7 Å². The molecule has 0 fully saturated rings. The lowest BCUT2D eigenvalue weighted by Crippen LogP contribution is -2.25. The maximum atomic E-state index is 12.4. The highest BCUT2D eigenvalue weighted by Crippen LogP contribution is 2.22. The molecule has 0 radical (unpaired) electrons. The lowest BCUT2D eigenvalue weighted by Gasteiger charge is -2.14. The fourth-order valence-corrected chi connectivity index (χ4v) is 3.46. The van der Waals surface area contributed by atoms with Gasteiger partial charge in [-0.2, -0.15) is 0 Å². The van der Waals surface area contributed by atoms with Gasteiger partial charge in [-0.3, -0.25) is 4.79 Å². The van der Waals surface area contributed by atoms with Crippen molar-refractivity contribution in [2.45, 2.75) is 20.4 Å². The number of nitrogens with zero attached hydrogens (tertiary/aromatic N) is 2. The van der Waals surface area contributed by atoms with Crippen molar-refractivity contribution in [3.8, 4) is 11.8 Å². The molecule has 0 aliphatic carbocycles. The van der Waals surface area contributed by atoms with E-state index in [1.165, 1.54) is 11.3 Å². The second-order valence-corrected chi connectivity index (χ2v) is 6.72. The topological polar surface area (TPSA) is 53.4 Å². The third-order valence-corrected chi connectivity index (χ3v) is 4.78. The molecule has 0 saturated heterocycles. The van der Waals surface area contributed by atoms with Crippen LogP contribution in [0.2, 0.25) is 0 Å². The number of thiophene rings is 1. The summed E-state index contributed by atoms with van der Waals surface area (Å²) in [5.41, 5.74) is 1.86. The van der Waals surface area contributed by atoms with Crippen LogP contribution in [0.3, 0.4) is 0 Å². The molecular weight excluding hydrogens is 304 g/mol. The third-order valence-electron chi connectivity index (χ3n) is 2.82. The molecule has 1 amide bonds. The van der Waals surface area contributed by atoms with Crippen molar-refractivity contribution in [3.63, 3.8) is 0 Å². The summed E-state index contributed by atoms with van der Waals surface area (Å²) in [5, 5.41) is 11.7. The standard InChI is InChI=1S/C15H16N2O2S2/c1-10-7-14(21-13(10)5-4-6-18)15(19)17(3)8-12-9-20-11(2)16-12/h7,9,18H,6,8H2,1-3H3. The minimum Gasteiger partial charge on any atom is -0.384 e. The zero-order valence-corrected chi connectivity index (χ0v) is 13.8. The molecule has 0 aliphatic rings. The van der Waals surface area contributed by atoms with Crippen molar-refractivity contribution in [1.82, 2.24) is 9.88 Å². The highest BCUT2D eigenvalue weighted by atomic mass is 32.1. The number of hydrogen-bond donors (Lipinski definition) is 1. The monoisotopic (exact) mass is 320 g/mol. The Kier molecular flexibility index (Phi) is 5.12. The summed E-state index contributed by atoms with van der Waals surface area (Å²) in [6.45, 7) is 4.19. The molecule has 4 nitrogen and oxygen atoms in total. The van der Waals surface area contributed by atoms with Crippen molar-refractivity contribution < 1.29 is 9.90 Å². The first kappa shape index (κ1) is 15.7. The van der Waals surface area contributed by atoms with Gasteiger partial charge in [0.05, 0.1) is 27.0 Å². The Hall–Kier alpha value is -1.68. The molecule has 0 spiro atoms. The number of thiazole rings is 1. The Labute approximate surface area is 132 Å². The Morgan fingerprint density at radius 2 is 2.24 bits per heavy atom. The van der Waals surface area contributed by atoms with Gasteiger partial charge in [-0.25, -0.2) is 4.98 Å². The van der Waals surface area contributed by atoms with Crippen molar-refractivity contribution in [2.75, 3.05) is 13.7 Å². The molecule has 0 bridgehead atoms. The molecule has 0 aliphatic heterocycles. The number of aliphatic hydroxyl groups is 1. The lowest BCUT2D eigenvalue weighted by atomic mass is 10.2. The molecule has 1 N–H and O–H groups in total. The molecule has 2 heterocycles. The summed E-state index contributed by atoms with van der Waals surface area (Å²) in [4.78, 5) is 19.9. The van der Waals surface area contributed by atoms with Crippen LogP contribution in [0.4, 0.5) is 0 Å². The predicted octanol–water partition coefficient (Wildman–Crippen LogP) is 2.44. The van der Waals surface area contributed by atoms with Crippen LogP contribution >= 0.6 is 22.7 Å². The van der Waals surface area contributed by atoms with E-state index in [2.05, 4.69) is 16.8 Å². The summed E-state index contributed by atoms with van der Waals surface area (Å²) in [7, 11) is 1.77. The van der Waals surface area contributed by atoms with Gasteiger partial charge >= 0.3 is 0 Å². The number of aryl methyl sites for hydroxylation is 2. The molecule has 2 rings (SSSR count). The van der Waals surface area contributed by atoms with Crippen LogP contribution in [0.1, 0.15) is 30.8 Å². The normalized spacial score (nSPS) is 10.1. The van der Waals surface area contributed by atoms with Crippen LogP contribution in [0, 0.1) is 25.7 Å². The van der Waals surface area contributed by atoms with Gasteiger partial charge in [0.15, 0.2) is 0 Å². The van der Waals surface area contributed by atoms with E-state index in [0.29, 0.717) is 11.4 Å². The van der Waals surface area contributed by atoms with E-state index >= 15 is 0 Å². The maximum absolute atomic E-state index is 12.4. The largest absolute Gasteiger partial charge is 0.384 e. The fourth-order valence-electron chi connectivity index (χ4n) is 1.82. The van der Waals surface area contributed by atoms with Crippen molar-refractivity contribution in [3.05, 3.63) is 37.5 Å². The third kappa shape index (κ3) is 3.91. The van der Waals surface area contributed by atoms with Crippen molar-refractivity contribution in [1.29, 1.82) is 0 Å². The number of aromatic nitrogens is 1. The summed E-state index contributed by atoms with van der Waals surface area (Å²) in [6.07, 6.45) is 0. The van der Waals surface area contributed by atoms with Crippen LogP contribution in [-0.4, -0.2) is 34.6 Å². The van der Waals surface area contributed by atoms with Gasteiger partial charge in [0.2, 0.25) is 0 Å². The maximum Gasteiger partial charge on any atom is 0.264 e. The second-order valence-electron chi connectivity index (χ2n) is 4.60. The van der Waals surface area contributed by atoms with Crippen LogP contribution in [0.15, 0.2) is 11.4 Å². The van der Waals surface area contributed by atoms with Gasteiger partial charge < -0.3 is 10.0 Å². The average Bonchev–Trinajstić information content (AvgIpc) is 3.02. The predicted molar refractivity (Wildman–Crippen MR) is 85.7 cm³/mol. The minimum atomic E-state index is -0.177. The molecule has 0 unspecified atom stereocenters. The Bertz CT molecular complexity index is 707. The molecule has 0 aromatic carbocycles. The second kappa shape index (κ2) is 6.85. The van der Waals surface area contributed by atoms with Gasteiger partial charge in [-0.1, -0.05) is 11.8 Å². The zero-order valence-electron chi connectivity index (χ0n) is 12.1. The van der Waals surface area contributed by atoms with E-state index in [4.69, 9.17) is 5.11 Å². The van der Waals surface area contributed by atoms with Crippen LogP contribution in [-0.2, 0) is 6.54 Å². The molecule has 110 valence electrons. The molecule has 6 heteroatoms. The quantitative estimate of drug-likeness (QED) is 0.884. The van der Waals surface area contributed by atoms with E-state index < -0.39 is 0 Å². The Morgan fingerprint density at radius 1 is 1.48 bits per heavy atom. The summed E-state index contributed by atoms with van der Waals surface area (Å²) < 4.78 is 0. The fraction of sp³-hybridized carbons (Fsp3) is 0.333. The molecule has 2 aromatic heterocycles. The van der Waals surface area contributed by atoms with Gasteiger partial charge in [0.1, 0.15) is 6.61 Å². The molecule has 0 saturated carbocycles. The number of hydrogen-bond acceptors (Lipinski definition) is 5. The van der Waals surface area contributed by atoms with E-state index in [1.54, 1.807) is 23.3 Å². The first-order valence-electron chi connectivity index (χ1n) is 6.38. The van der Waals surface area contributed by atoms with Crippen molar-refractivity contribution in [2.24, 2.45) is 0 Å². The molecule has 2 aromatic rings. The number of carbonyl (C=O) groups excluding carboxylic acids is 1. The first-order chi connectivity index (χ1) is 10.0. The van der Waals surface area contributed by atoms with Crippen LogP contribution < -0.4 is 0 Å². The van der Waals surface area contributed by atoms with Gasteiger partial charge in [0.25, 0.3) is 5.91 Å². The summed E-state index contributed by atoms with van der Waals surface area (Å²) in [6, 6.07) is 1.84. The highest BCUT2D eigenvalue weighted by molar-refractivity contribution is 7.14. The van der Waals surface area contributed by atoms with E-state index in [9.17, 15) is 4.79 Å². The van der Waals surface area contributed by atoms with Gasteiger partial charge in [-0.05, 0) is 25.5 Å².